The van der Waals surface area contributed by atoms with E-state index in [0.717, 1.165) is 50.6 Å². The summed E-state index contributed by atoms with van der Waals surface area (Å²) in [4.78, 5) is 0. The maximum absolute atomic E-state index is 4.81. The second kappa shape index (κ2) is 10.9. The van der Waals surface area contributed by atoms with Crippen molar-refractivity contribution in [1.29, 1.82) is 0 Å². The summed E-state index contributed by atoms with van der Waals surface area (Å²) in [6.45, 7) is 0. The maximum atomic E-state index is 4.81. The van der Waals surface area contributed by atoms with Gasteiger partial charge in [0.05, 0.1) is 27.8 Å². The number of hydrogen-bond donors (Lipinski definition) is 0. The predicted octanol–water partition coefficient (Wildman–Crippen LogP) is 10.8. The number of aromatic nitrogens is 5. The lowest BCUT2D eigenvalue weighted by Crippen LogP contribution is -1.99. The zero-order valence-electron chi connectivity index (χ0n) is 26.5. The van der Waals surface area contributed by atoms with E-state index in [4.69, 9.17) is 5.10 Å². The van der Waals surface area contributed by atoms with Gasteiger partial charge in [0, 0.05) is 44.0 Å². The molecule has 0 unspecified atom stereocenters. The average molecular weight is 628 g/mol. The van der Waals surface area contributed by atoms with Gasteiger partial charge in [0.15, 0.2) is 0 Å². The van der Waals surface area contributed by atoms with Gasteiger partial charge in [-0.2, -0.15) is 0 Å². The highest BCUT2D eigenvalue weighted by molar-refractivity contribution is 6.11. The summed E-state index contributed by atoms with van der Waals surface area (Å²) in [5.74, 6) is 0. The van der Waals surface area contributed by atoms with Crippen LogP contribution in [0.2, 0.25) is 0 Å². The fourth-order valence-corrected chi connectivity index (χ4v) is 7.45. The van der Waals surface area contributed by atoms with Gasteiger partial charge >= 0.3 is 0 Å². The van der Waals surface area contributed by atoms with Gasteiger partial charge in [-0.05, 0) is 54.6 Å². The molecule has 10 rings (SSSR count). The summed E-state index contributed by atoms with van der Waals surface area (Å²) in [5, 5.41) is 14.4. The number of para-hydroxylation sites is 4. The second-order valence-electron chi connectivity index (χ2n) is 12.4. The van der Waals surface area contributed by atoms with Gasteiger partial charge in [-0.15, -0.1) is 5.10 Å². The molecular weight excluding hydrogens is 599 g/mol. The molecule has 0 saturated carbocycles. The topological polar surface area (TPSA) is 40.6 Å². The first-order valence-corrected chi connectivity index (χ1v) is 16.5. The Labute approximate surface area is 282 Å². The Balaban J connectivity index is 1.21. The van der Waals surface area contributed by atoms with Crippen molar-refractivity contribution in [2.75, 3.05) is 0 Å². The van der Waals surface area contributed by atoms with Gasteiger partial charge in [0.2, 0.25) is 0 Å². The van der Waals surface area contributed by atoms with Crippen LogP contribution in [0.5, 0.6) is 0 Å². The van der Waals surface area contributed by atoms with Crippen LogP contribution < -0.4 is 0 Å². The van der Waals surface area contributed by atoms with Crippen LogP contribution in [0.1, 0.15) is 0 Å². The molecule has 7 aromatic carbocycles. The van der Waals surface area contributed by atoms with Crippen LogP contribution in [0.3, 0.4) is 0 Å². The normalized spacial score (nSPS) is 11.7. The molecule has 10 aromatic rings. The first kappa shape index (κ1) is 27.4. The maximum Gasteiger partial charge on any atom is 0.121 e. The lowest BCUT2D eigenvalue weighted by Gasteiger charge is -2.13. The van der Waals surface area contributed by atoms with Gasteiger partial charge < -0.3 is 9.13 Å². The summed E-state index contributed by atoms with van der Waals surface area (Å²) in [6.07, 6.45) is 0. The summed E-state index contributed by atoms with van der Waals surface area (Å²) < 4.78 is 6.70. The molecule has 230 valence electrons. The number of benzene rings is 7. The number of rotatable bonds is 5. The van der Waals surface area contributed by atoms with Crippen LogP contribution in [0, 0.1) is 0 Å². The Morgan fingerprint density at radius 2 is 0.837 bits per heavy atom. The molecule has 0 N–H and O–H groups in total. The van der Waals surface area contributed by atoms with Crippen molar-refractivity contribution in [3.05, 3.63) is 176 Å². The van der Waals surface area contributed by atoms with Gasteiger partial charge in [-0.3, -0.25) is 0 Å². The first-order valence-electron chi connectivity index (χ1n) is 16.5. The van der Waals surface area contributed by atoms with Gasteiger partial charge in [-0.25, -0.2) is 4.68 Å². The Morgan fingerprint density at radius 1 is 0.347 bits per heavy atom. The average Bonchev–Trinajstić information content (AvgIpc) is 3.86. The van der Waals surface area contributed by atoms with Gasteiger partial charge in [-0.1, -0.05) is 127 Å². The van der Waals surface area contributed by atoms with Crippen molar-refractivity contribution < 1.29 is 0 Å². The smallest absolute Gasteiger partial charge is 0.121 e. The van der Waals surface area contributed by atoms with Crippen LogP contribution in [0.4, 0.5) is 0 Å². The number of fused-ring (bicyclic) bond motifs is 6. The molecule has 0 atom stereocenters. The van der Waals surface area contributed by atoms with Crippen molar-refractivity contribution in [2.24, 2.45) is 0 Å². The highest BCUT2D eigenvalue weighted by Crippen LogP contribution is 2.39. The van der Waals surface area contributed by atoms with Crippen molar-refractivity contribution >= 4 is 43.6 Å². The molecule has 5 heteroatoms. The molecule has 0 saturated heterocycles. The molecule has 0 amide bonds. The largest absolute Gasteiger partial charge is 0.309 e. The molecular formula is C44H29N5. The first-order chi connectivity index (χ1) is 24.3. The van der Waals surface area contributed by atoms with E-state index in [1.54, 1.807) is 0 Å². The van der Waals surface area contributed by atoms with Crippen molar-refractivity contribution in [3.8, 4) is 39.6 Å². The van der Waals surface area contributed by atoms with E-state index in [1.807, 2.05) is 28.9 Å². The molecule has 5 nitrogen and oxygen atoms in total. The SMILES string of the molecule is c1ccc(-c2c(-c3ccc4c5ccccc5n(-c5cccc(-n6c7ccccc7c7ccccc76)c5)c4c3)nnn2-c2ccccc2)cc1. The fourth-order valence-electron chi connectivity index (χ4n) is 7.45. The Bertz CT molecular complexity index is 2770. The van der Waals surface area contributed by atoms with E-state index in [9.17, 15) is 0 Å². The Morgan fingerprint density at radius 3 is 1.45 bits per heavy atom. The summed E-state index contributed by atoms with van der Waals surface area (Å²) in [7, 11) is 0. The van der Waals surface area contributed by atoms with Crippen LogP contribution in [-0.2, 0) is 0 Å². The van der Waals surface area contributed by atoms with Crippen LogP contribution in [0.25, 0.3) is 83.2 Å². The van der Waals surface area contributed by atoms with Crippen LogP contribution in [0.15, 0.2) is 176 Å². The van der Waals surface area contributed by atoms with Gasteiger partial charge in [0.25, 0.3) is 0 Å². The van der Waals surface area contributed by atoms with E-state index in [1.165, 1.54) is 32.6 Å². The second-order valence-corrected chi connectivity index (χ2v) is 12.4. The zero-order valence-corrected chi connectivity index (χ0v) is 26.5. The molecule has 0 spiro atoms. The van der Waals surface area contributed by atoms with Crippen molar-refractivity contribution in [1.82, 2.24) is 24.1 Å². The molecule has 49 heavy (non-hydrogen) atoms. The minimum atomic E-state index is 0.841. The van der Waals surface area contributed by atoms with Crippen LogP contribution in [-0.4, -0.2) is 24.1 Å². The molecule has 0 aliphatic heterocycles. The Hall–Kier alpha value is -6.72. The van der Waals surface area contributed by atoms with Crippen molar-refractivity contribution in [3.63, 3.8) is 0 Å². The number of nitrogens with zero attached hydrogens (tertiary/aromatic N) is 5. The third-order valence-corrected chi connectivity index (χ3v) is 9.59. The molecule has 0 bridgehead atoms. The predicted molar refractivity (Wildman–Crippen MR) is 201 cm³/mol. The van der Waals surface area contributed by atoms with Crippen LogP contribution >= 0.6 is 0 Å². The lowest BCUT2D eigenvalue weighted by molar-refractivity contribution is 0.808. The summed E-state index contributed by atoms with van der Waals surface area (Å²) >= 11 is 0. The fraction of sp³-hybridized carbons (Fsp3) is 0. The standard InChI is InChI=1S/C44H29N5/c1-3-14-30(15-4-1)44-43(45-46-49(44)32-16-5-2-6-17-32)31-26-27-38-37-22-9-12-25-41(37)48(42(38)28-31)34-19-13-18-33(29-34)47-39-23-10-7-20-35(39)36-21-8-11-24-40(36)47/h1-29H. The van der Waals surface area contributed by atoms with Crippen molar-refractivity contribution in [2.45, 2.75) is 0 Å². The molecule has 3 heterocycles. The molecule has 0 radical (unpaired) electrons. The summed E-state index contributed by atoms with van der Waals surface area (Å²) in [6, 6.07) is 62.2. The third kappa shape index (κ3) is 4.26. The molecule has 0 fully saturated rings. The lowest BCUT2D eigenvalue weighted by atomic mass is 10.0. The third-order valence-electron chi connectivity index (χ3n) is 9.59. The van der Waals surface area contributed by atoms with E-state index in [0.29, 0.717) is 0 Å². The van der Waals surface area contributed by atoms with Gasteiger partial charge in [0.1, 0.15) is 11.4 Å². The zero-order chi connectivity index (χ0) is 32.3. The molecule has 0 aliphatic rings. The molecule has 3 aromatic heterocycles. The quantitative estimate of drug-likeness (QED) is 0.190. The monoisotopic (exact) mass is 627 g/mol. The number of hydrogen-bond acceptors (Lipinski definition) is 2. The van der Waals surface area contributed by atoms with E-state index >= 15 is 0 Å². The highest BCUT2D eigenvalue weighted by Gasteiger charge is 2.21. The Kier molecular flexibility index (Phi) is 6.11. The minimum absolute atomic E-state index is 0.841. The minimum Gasteiger partial charge on any atom is -0.309 e. The van der Waals surface area contributed by atoms with E-state index in [-0.39, 0.29) is 0 Å². The molecule has 0 aliphatic carbocycles. The van der Waals surface area contributed by atoms with E-state index in [2.05, 4.69) is 166 Å². The van der Waals surface area contributed by atoms with E-state index < -0.39 is 0 Å². The highest BCUT2D eigenvalue weighted by atomic mass is 15.4. The summed E-state index contributed by atoms with van der Waals surface area (Å²) in [5.41, 5.74) is 11.7.